The maximum Gasteiger partial charge on any atom is 0.269 e. The number of methoxy groups -OCH3 is 1. The molecule has 1 fully saturated rings. The molecule has 1 aliphatic rings. The van der Waals surface area contributed by atoms with Crippen LogP contribution in [0, 0.1) is 6.92 Å². The monoisotopic (exact) mass is 341 g/mol. The number of carbonyl (C=O) groups is 2. The fourth-order valence-corrected chi connectivity index (χ4v) is 4.05. The number of hydrogen-bond donors (Lipinski definition) is 0. The molecule has 0 unspecified atom stereocenters. The Bertz CT molecular complexity index is 723. The molecule has 0 atom stereocenters. The predicted molar refractivity (Wildman–Crippen MR) is 78.1 cm³/mol. The fourth-order valence-electron chi connectivity index (χ4n) is 2.39. The van der Waals surface area contributed by atoms with Gasteiger partial charge in [0.15, 0.2) is 0 Å². The quantitative estimate of drug-likeness (QED) is 0.625. The van der Waals surface area contributed by atoms with Gasteiger partial charge in [-0.15, -0.1) is 0 Å². The van der Waals surface area contributed by atoms with Crippen LogP contribution in [-0.2, 0) is 19.6 Å². The van der Waals surface area contributed by atoms with Crippen LogP contribution in [0.4, 0.5) is 0 Å². The molecule has 126 valence electrons. The molecule has 0 aliphatic carbocycles. The molecule has 1 saturated heterocycles. The molecule has 23 heavy (non-hydrogen) atoms. The molecule has 0 saturated carbocycles. The molecule has 0 radical (unpaired) electrons. The lowest BCUT2D eigenvalue weighted by atomic mass is 10.2. The van der Waals surface area contributed by atoms with Gasteiger partial charge >= 0.3 is 0 Å². The molecule has 1 amide bonds. The Morgan fingerprint density at radius 1 is 1.17 bits per heavy atom. The number of carboxylic acids is 1. The summed E-state index contributed by atoms with van der Waals surface area (Å²) in [6.07, 6.45) is 0. The molecule has 0 bridgehead atoms. The Kier molecular flexibility index (Phi) is 4.90. The van der Waals surface area contributed by atoms with E-state index >= 15 is 0 Å². The molecule has 1 aliphatic heterocycles. The highest BCUT2D eigenvalue weighted by atomic mass is 32.2. The van der Waals surface area contributed by atoms with Gasteiger partial charge < -0.3 is 19.5 Å². The topological polar surface area (TPSA) is 107 Å². The highest BCUT2D eigenvalue weighted by Crippen LogP contribution is 2.28. The summed E-state index contributed by atoms with van der Waals surface area (Å²) in [6.45, 7) is 1.80. The summed E-state index contributed by atoms with van der Waals surface area (Å²) in [4.78, 5) is 23.0. The van der Waals surface area contributed by atoms with Gasteiger partial charge in [-0.25, -0.2) is 8.42 Å². The van der Waals surface area contributed by atoms with Crippen molar-refractivity contribution in [3.05, 3.63) is 23.8 Å². The van der Waals surface area contributed by atoms with Crippen molar-refractivity contribution < 1.29 is 27.9 Å². The van der Waals surface area contributed by atoms with Crippen molar-refractivity contribution in [2.45, 2.75) is 11.8 Å². The number of carboxylic acid groups (broad SMARTS) is 1. The van der Waals surface area contributed by atoms with Crippen LogP contribution in [0.1, 0.15) is 5.56 Å². The van der Waals surface area contributed by atoms with Crippen molar-refractivity contribution in [3.8, 4) is 5.75 Å². The number of aryl methyl sites for hydroxylation is 1. The van der Waals surface area contributed by atoms with Crippen LogP contribution in [0.2, 0.25) is 0 Å². The summed E-state index contributed by atoms with van der Waals surface area (Å²) in [7, 11) is -2.40. The Morgan fingerprint density at radius 2 is 1.78 bits per heavy atom. The molecule has 0 spiro atoms. The van der Waals surface area contributed by atoms with Gasteiger partial charge in [-0.2, -0.15) is 4.31 Å². The molecule has 0 N–H and O–H groups in total. The Balaban J connectivity index is 2.21. The van der Waals surface area contributed by atoms with Crippen LogP contribution < -0.4 is 9.84 Å². The van der Waals surface area contributed by atoms with Crippen LogP contribution in [0.5, 0.6) is 5.75 Å². The lowest BCUT2D eigenvalue weighted by molar-refractivity contribution is -0.301. The van der Waals surface area contributed by atoms with Crippen LogP contribution in [0.15, 0.2) is 23.1 Å². The number of amides is 1. The van der Waals surface area contributed by atoms with Crippen molar-refractivity contribution in [1.29, 1.82) is 0 Å². The minimum absolute atomic E-state index is 0.000173. The Hall–Kier alpha value is -2.13. The van der Waals surface area contributed by atoms with E-state index < -0.39 is 21.9 Å². The van der Waals surface area contributed by atoms with Crippen molar-refractivity contribution in [1.82, 2.24) is 9.21 Å². The number of rotatable bonds is 3. The maximum atomic E-state index is 12.7. The molecule has 1 heterocycles. The van der Waals surface area contributed by atoms with E-state index in [1.165, 1.54) is 17.5 Å². The zero-order valence-corrected chi connectivity index (χ0v) is 13.6. The van der Waals surface area contributed by atoms with E-state index in [-0.39, 0.29) is 36.8 Å². The second-order valence-corrected chi connectivity index (χ2v) is 7.04. The Labute approximate surface area is 134 Å². The number of nitrogens with zero attached hydrogens (tertiary/aromatic N) is 2. The Morgan fingerprint density at radius 3 is 2.30 bits per heavy atom. The number of ether oxygens (including phenoxy) is 1. The van der Waals surface area contributed by atoms with Gasteiger partial charge in [0.05, 0.1) is 7.11 Å². The average Bonchev–Trinajstić information content (AvgIpc) is 2.54. The van der Waals surface area contributed by atoms with E-state index in [0.29, 0.717) is 0 Å². The predicted octanol–water partition coefficient (Wildman–Crippen LogP) is -1.41. The van der Waals surface area contributed by atoms with E-state index in [1.54, 1.807) is 19.1 Å². The zero-order valence-electron chi connectivity index (χ0n) is 12.8. The maximum absolute atomic E-state index is 12.7. The molecular weight excluding hydrogens is 324 g/mol. The van der Waals surface area contributed by atoms with Crippen LogP contribution >= 0.6 is 0 Å². The summed E-state index contributed by atoms with van der Waals surface area (Å²) in [6, 6.07) is 4.85. The second kappa shape index (κ2) is 6.55. The van der Waals surface area contributed by atoms with E-state index in [4.69, 9.17) is 4.74 Å². The van der Waals surface area contributed by atoms with Gasteiger partial charge in [0.2, 0.25) is 10.0 Å². The minimum atomic E-state index is -3.79. The first-order chi connectivity index (χ1) is 10.8. The normalized spacial score (nSPS) is 16.2. The SMILES string of the molecule is COc1ccc(C)cc1S(=O)(=O)N1CCN(C(=O)C(=O)[O-])CC1. The number of benzene rings is 1. The number of carbonyl (C=O) groups excluding carboxylic acids is 2. The third kappa shape index (κ3) is 3.45. The summed E-state index contributed by atoms with van der Waals surface area (Å²) < 4.78 is 31.8. The largest absolute Gasteiger partial charge is 0.540 e. The van der Waals surface area contributed by atoms with Gasteiger partial charge in [-0.3, -0.25) is 4.79 Å². The summed E-state index contributed by atoms with van der Waals surface area (Å²) in [5, 5.41) is 10.6. The average molecular weight is 341 g/mol. The minimum Gasteiger partial charge on any atom is -0.540 e. The number of hydrogen-bond acceptors (Lipinski definition) is 6. The fraction of sp³-hybridized carbons (Fsp3) is 0.429. The summed E-state index contributed by atoms with van der Waals surface area (Å²) in [5.41, 5.74) is 0.773. The van der Waals surface area contributed by atoms with Crippen LogP contribution in [-0.4, -0.2) is 62.8 Å². The van der Waals surface area contributed by atoms with Crippen LogP contribution in [0.3, 0.4) is 0 Å². The van der Waals surface area contributed by atoms with Crippen molar-refractivity contribution in [3.63, 3.8) is 0 Å². The van der Waals surface area contributed by atoms with Crippen molar-refractivity contribution >= 4 is 21.9 Å². The highest BCUT2D eigenvalue weighted by Gasteiger charge is 2.32. The van der Waals surface area contributed by atoms with Crippen molar-refractivity contribution in [2.24, 2.45) is 0 Å². The van der Waals surface area contributed by atoms with E-state index in [1.807, 2.05) is 0 Å². The number of piperazine rings is 1. The molecule has 1 aromatic carbocycles. The smallest absolute Gasteiger partial charge is 0.269 e. The van der Waals surface area contributed by atoms with E-state index in [2.05, 4.69) is 0 Å². The summed E-state index contributed by atoms with van der Waals surface area (Å²) in [5.74, 6) is -2.68. The second-order valence-electron chi connectivity index (χ2n) is 5.14. The lowest BCUT2D eigenvalue weighted by Crippen LogP contribution is -2.54. The van der Waals surface area contributed by atoms with Crippen LogP contribution in [0.25, 0.3) is 0 Å². The number of sulfonamides is 1. The van der Waals surface area contributed by atoms with Gasteiger partial charge in [0, 0.05) is 26.2 Å². The molecule has 8 nitrogen and oxygen atoms in total. The molecule has 2 rings (SSSR count). The molecule has 9 heteroatoms. The third-order valence-electron chi connectivity index (χ3n) is 3.64. The van der Waals surface area contributed by atoms with Crippen molar-refractivity contribution in [2.75, 3.05) is 33.3 Å². The van der Waals surface area contributed by atoms with Gasteiger partial charge in [0.25, 0.3) is 5.91 Å². The van der Waals surface area contributed by atoms with E-state index in [0.717, 1.165) is 10.5 Å². The van der Waals surface area contributed by atoms with E-state index in [9.17, 15) is 23.1 Å². The highest BCUT2D eigenvalue weighted by molar-refractivity contribution is 7.89. The zero-order chi connectivity index (χ0) is 17.2. The van der Waals surface area contributed by atoms with Gasteiger partial charge in [0.1, 0.15) is 16.6 Å². The first-order valence-corrected chi connectivity index (χ1v) is 8.36. The summed E-state index contributed by atoms with van der Waals surface area (Å²) >= 11 is 0. The van der Waals surface area contributed by atoms with Gasteiger partial charge in [-0.05, 0) is 24.6 Å². The molecule has 0 aromatic heterocycles. The molecular formula is C14H17N2O6S-. The first-order valence-electron chi connectivity index (χ1n) is 6.92. The lowest BCUT2D eigenvalue weighted by Gasteiger charge is -2.34. The number of aliphatic carboxylic acids is 1. The first kappa shape index (κ1) is 17.2. The third-order valence-corrected chi connectivity index (χ3v) is 5.56. The van der Waals surface area contributed by atoms with Gasteiger partial charge in [-0.1, -0.05) is 6.07 Å². The molecule has 1 aromatic rings. The standard InChI is InChI=1S/C14H18N2O6S/c1-10-3-4-11(22-2)12(9-10)23(20,21)16-7-5-15(6-8-16)13(17)14(18)19/h3-4,9H,5-8H2,1-2H3,(H,18,19)/p-1.